The highest BCUT2D eigenvalue weighted by atomic mass is 16.5. The lowest BCUT2D eigenvalue weighted by Gasteiger charge is -2.24. The maximum atomic E-state index is 12.8. The number of esters is 1. The monoisotopic (exact) mass is 482 g/mol. The lowest BCUT2D eigenvalue weighted by atomic mass is 9.98. The van der Waals surface area contributed by atoms with Crippen molar-refractivity contribution in [2.75, 3.05) is 13.7 Å². The molecule has 2 aromatic carbocycles. The van der Waals surface area contributed by atoms with Gasteiger partial charge in [0.15, 0.2) is 0 Å². The van der Waals surface area contributed by atoms with Crippen LogP contribution in [0, 0.1) is 5.92 Å². The molecule has 0 saturated carbocycles. The van der Waals surface area contributed by atoms with Gasteiger partial charge in [-0.1, -0.05) is 62.4 Å². The molecule has 0 radical (unpaired) electrons. The van der Waals surface area contributed by atoms with Gasteiger partial charge in [-0.05, 0) is 34.6 Å². The van der Waals surface area contributed by atoms with Crippen molar-refractivity contribution < 1.29 is 33.8 Å². The summed E-state index contributed by atoms with van der Waals surface area (Å²) >= 11 is 0. The Labute approximate surface area is 203 Å². The summed E-state index contributed by atoms with van der Waals surface area (Å²) in [7, 11) is 1.20. The lowest BCUT2D eigenvalue weighted by molar-refractivity contribution is -0.144. The fraction of sp³-hybridized carbons (Fsp3) is 0.385. The van der Waals surface area contributed by atoms with Crippen molar-refractivity contribution in [3.8, 4) is 11.1 Å². The highest BCUT2D eigenvalue weighted by molar-refractivity contribution is 5.89. The van der Waals surface area contributed by atoms with Crippen LogP contribution in [0.3, 0.4) is 0 Å². The molecule has 3 N–H and O–H groups in total. The second-order valence-electron chi connectivity index (χ2n) is 8.71. The number of fused-ring (bicyclic) bond motifs is 3. The van der Waals surface area contributed by atoms with Crippen LogP contribution in [-0.4, -0.2) is 54.8 Å². The quantitative estimate of drug-likeness (QED) is 0.444. The number of hydrogen-bond acceptors (Lipinski definition) is 6. The van der Waals surface area contributed by atoms with Gasteiger partial charge in [0.1, 0.15) is 18.7 Å². The van der Waals surface area contributed by atoms with Crippen LogP contribution in [0.1, 0.15) is 43.7 Å². The highest BCUT2D eigenvalue weighted by Gasteiger charge is 2.32. The summed E-state index contributed by atoms with van der Waals surface area (Å²) in [5.74, 6) is -3.01. The Morgan fingerprint density at radius 2 is 1.51 bits per heavy atom. The molecule has 0 saturated heterocycles. The number of ether oxygens (including phenoxy) is 2. The van der Waals surface area contributed by atoms with Gasteiger partial charge < -0.3 is 25.2 Å². The number of carboxylic acid groups (broad SMARTS) is 1. The minimum absolute atomic E-state index is 0.0865. The van der Waals surface area contributed by atoms with Gasteiger partial charge in [-0.2, -0.15) is 0 Å². The average molecular weight is 483 g/mol. The van der Waals surface area contributed by atoms with Gasteiger partial charge in [-0.3, -0.25) is 9.59 Å². The van der Waals surface area contributed by atoms with Crippen LogP contribution in [0.15, 0.2) is 48.5 Å². The maximum absolute atomic E-state index is 12.8. The number of rotatable bonds is 10. The van der Waals surface area contributed by atoms with Crippen molar-refractivity contribution in [2.24, 2.45) is 5.92 Å². The molecular weight excluding hydrogens is 452 g/mol. The first kappa shape index (κ1) is 25.7. The predicted octanol–water partition coefficient (Wildman–Crippen LogP) is 3.07. The first-order valence-corrected chi connectivity index (χ1v) is 11.4. The summed E-state index contributed by atoms with van der Waals surface area (Å²) in [6.45, 7) is 3.53. The van der Waals surface area contributed by atoms with Crippen molar-refractivity contribution in [3.63, 3.8) is 0 Å². The third-order valence-electron chi connectivity index (χ3n) is 6.05. The second-order valence-corrected chi connectivity index (χ2v) is 8.71. The lowest BCUT2D eigenvalue weighted by Crippen LogP contribution is -2.53. The molecule has 2 aromatic rings. The number of methoxy groups -OCH3 is 1. The topological polar surface area (TPSA) is 131 Å². The summed E-state index contributed by atoms with van der Waals surface area (Å²) < 4.78 is 10.0. The molecule has 2 atom stereocenters. The Hall–Kier alpha value is -3.88. The van der Waals surface area contributed by atoms with Crippen LogP contribution in [0.4, 0.5) is 4.79 Å². The predicted molar refractivity (Wildman–Crippen MR) is 128 cm³/mol. The molecule has 0 unspecified atom stereocenters. The van der Waals surface area contributed by atoms with E-state index in [-0.39, 0.29) is 31.3 Å². The summed E-state index contributed by atoms with van der Waals surface area (Å²) in [6.07, 6.45) is -1.08. The molecular formula is C26H30N2O7. The van der Waals surface area contributed by atoms with E-state index in [1.54, 1.807) is 13.8 Å². The molecule has 9 heteroatoms. The Morgan fingerprint density at radius 3 is 2.03 bits per heavy atom. The minimum Gasteiger partial charge on any atom is -0.480 e. The van der Waals surface area contributed by atoms with E-state index < -0.39 is 36.0 Å². The van der Waals surface area contributed by atoms with E-state index in [4.69, 9.17) is 4.74 Å². The van der Waals surface area contributed by atoms with Crippen molar-refractivity contribution in [3.05, 3.63) is 59.7 Å². The molecule has 0 aliphatic heterocycles. The van der Waals surface area contributed by atoms with E-state index in [1.807, 2.05) is 48.5 Å². The molecule has 0 fully saturated rings. The fourth-order valence-electron chi connectivity index (χ4n) is 4.19. The first-order valence-electron chi connectivity index (χ1n) is 11.4. The Morgan fingerprint density at radius 1 is 0.943 bits per heavy atom. The SMILES string of the molecule is COC(=O)CC[C@H](NC(=O)[C@H](NC(=O)OCC1c2ccccc2-c2ccccc21)C(C)C)C(=O)O. The van der Waals surface area contributed by atoms with Crippen LogP contribution in [0.5, 0.6) is 0 Å². The molecule has 35 heavy (non-hydrogen) atoms. The van der Waals surface area contributed by atoms with Crippen LogP contribution >= 0.6 is 0 Å². The second kappa shape index (κ2) is 11.5. The molecule has 1 aliphatic carbocycles. The molecule has 0 bridgehead atoms. The number of carbonyl (C=O) groups is 4. The van der Waals surface area contributed by atoms with Gasteiger partial charge in [0.2, 0.25) is 5.91 Å². The first-order chi connectivity index (χ1) is 16.7. The molecule has 0 aromatic heterocycles. The Kier molecular flexibility index (Phi) is 8.46. The summed E-state index contributed by atoms with van der Waals surface area (Å²) in [5, 5.41) is 14.3. The zero-order chi connectivity index (χ0) is 25.5. The van der Waals surface area contributed by atoms with Crippen molar-refractivity contribution in [2.45, 2.75) is 44.7 Å². The zero-order valence-corrected chi connectivity index (χ0v) is 19.9. The summed E-state index contributed by atoms with van der Waals surface area (Å²) in [6, 6.07) is 13.6. The van der Waals surface area contributed by atoms with Crippen molar-refractivity contribution in [1.29, 1.82) is 0 Å². The third-order valence-corrected chi connectivity index (χ3v) is 6.05. The van der Waals surface area contributed by atoms with Crippen LogP contribution < -0.4 is 10.6 Å². The number of carboxylic acids is 1. The smallest absolute Gasteiger partial charge is 0.407 e. The number of nitrogens with one attached hydrogen (secondary N) is 2. The summed E-state index contributed by atoms with van der Waals surface area (Å²) in [5.41, 5.74) is 4.33. The molecule has 3 rings (SSSR count). The maximum Gasteiger partial charge on any atom is 0.407 e. The van der Waals surface area contributed by atoms with Crippen LogP contribution in [-0.2, 0) is 23.9 Å². The summed E-state index contributed by atoms with van der Waals surface area (Å²) in [4.78, 5) is 48.3. The molecule has 1 aliphatic rings. The van der Waals surface area contributed by atoms with Gasteiger partial charge in [-0.15, -0.1) is 0 Å². The minimum atomic E-state index is -1.30. The largest absolute Gasteiger partial charge is 0.480 e. The standard InChI is InChI=1S/C26H30N2O7/c1-15(2)23(24(30)27-21(25(31)32)12-13-22(29)34-3)28-26(33)35-14-20-18-10-6-4-8-16(18)17-9-5-7-11-19(17)20/h4-11,15,20-21,23H,12-14H2,1-3H3,(H,27,30)(H,28,33)(H,31,32)/t21-,23+/m0/s1. The van der Waals surface area contributed by atoms with Crippen molar-refractivity contribution >= 4 is 23.9 Å². The van der Waals surface area contributed by atoms with Crippen LogP contribution in [0.25, 0.3) is 11.1 Å². The number of amides is 2. The number of carbonyl (C=O) groups excluding carboxylic acids is 3. The molecule has 0 spiro atoms. The number of hydrogen-bond donors (Lipinski definition) is 3. The molecule has 186 valence electrons. The Balaban J connectivity index is 1.63. The van der Waals surface area contributed by atoms with Crippen LogP contribution in [0.2, 0.25) is 0 Å². The number of benzene rings is 2. The van der Waals surface area contributed by atoms with E-state index in [9.17, 15) is 24.3 Å². The third kappa shape index (κ3) is 6.17. The highest BCUT2D eigenvalue weighted by Crippen LogP contribution is 2.44. The number of aliphatic carboxylic acids is 1. The Bertz CT molecular complexity index is 1050. The van der Waals surface area contributed by atoms with E-state index >= 15 is 0 Å². The van der Waals surface area contributed by atoms with Gasteiger partial charge in [-0.25, -0.2) is 9.59 Å². The van der Waals surface area contributed by atoms with Gasteiger partial charge in [0.25, 0.3) is 0 Å². The average Bonchev–Trinajstić information content (AvgIpc) is 3.16. The normalized spacial score (nSPS) is 13.8. The van der Waals surface area contributed by atoms with Gasteiger partial charge in [0.05, 0.1) is 7.11 Å². The van der Waals surface area contributed by atoms with E-state index in [2.05, 4.69) is 15.4 Å². The fourth-order valence-corrected chi connectivity index (χ4v) is 4.19. The van der Waals surface area contributed by atoms with E-state index in [0.29, 0.717) is 0 Å². The zero-order valence-electron chi connectivity index (χ0n) is 19.9. The molecule has 2 amide bonds. The molecule has 0 heterocycles. The van der Waals surface area contributed by atoms with E-state index in [0.717, 1.165) is 22.3 Å². The van der Waals surface area contributed by atoms with Gasteiger partial charge in [0, 0.05) is 12.3 Å². The molecule has 9 nitrogen and oxygen atoms in total. The van der Waals surface area contributed by atoms with Gasteiger partial charge >= 0.3 is 18.0 Å². The van der Waals surface area contributed by atoms with Crippen molar-refractivity contribution in [1.82, 2.24) is 10.6 Å². The number of alkyl carbamates (subject to hydrolysis) is 1. The van der Waals surface area contributed by atoms with E-state index in [1.165, 1.54) is 7.11 Å².